The van der Waals surface area contributed by atoms with Gasteiger partial charge in [0.25, 0.3) is 0 Å². The molecule has 0 bridgehead atoms. The van der Waals surface area contributed by atoms with Gasteiger partial charge in [-0.3, -0.25) is 0 Å². The molecule has 5 nitrogen and oxygen atoms in total. The van der Waals surface area contributed by atoms with E-state index >= 15 is 0 Å². The minimum absolute atomic E-state index is 0.244. The van der Waals surface area contributed by atoms with Gasteiger partial charge >= 0.3 is 0 Å². The van der Waals surface area contributed by atoms with E-state index in [4.69, 9.17) is 20.5 Å². The molecule has 2 aliphatic heterocycles. The molecule has 0 saturated carbocycles. The van der Waals surface area contributed by atoms with Crippen molar-refractivity contribution in [3.05, 3.63) is 47.9 Å². The second-order valence-electron chi connectivity index (χ2n) is 8.40. The molecule has 27 heavy (non-hydrogen) atoms. The summed E-state index contributed by atoms with van der Waals surface area (Å²) in [5.41, 5.74) is 7.43. The molecule has 1 unspecified atom stereocenters. The van der Waals surface area contributed by atoms with Crippen molar-refractivity contribution < 1.29 is 4.74 Å². The van der Waals surface area contributed by atoms with Gasteiger partial charge in [0.2, 0.25) is 0 Å². The van der Waals surface area contributed by atoms with Gasteiger partial charge in [-0.15, -0.1) is 12.6 Å². The first-order valence-electron chi connectivity index (χ1n) is 9.45. The van der Waals surface area contributed by atoms with E-state index in [9.17, 15) is 0 Å². The lowest BCUT2D eigenvalue weighted by Crippen LogP contribution is -2.42. The molecule has 0 spiro atoms. The number of hydrogen-bond acceptors (Lipinski definition) is 5. The largest absolute Gasteiger partial charge is 0.474 e. The number of nitrogens with zero attached hydrogens (tertiary/aromatic N) is 3. The summed E-state index contributed by atoms with van der Waals surface area (Å²) in [5, 5.41) is 0.527. The molecular weight excluding hydrogens is 356 g/mol. The molecule has 0 radical (unpaired) electrons. The van der Waals surface area contributed by atoms with Crippen LogP contribution in [0.25, 0.3) is 0 Å². The smallest absolute Gasteiger partial charge is 0.182 e. The second kappa shape index (κ2) is 7.23. The molecule has 1 aromatic carbocycles. The third-order valence-corrected chi connectivity index (χ3v) is 5.41. The van der Waals surface area contributed by atoms with Gasteiger partial charge < -0.3 is 15.4 Å². The number of aliphatic imine (C=N–C) groups is 2. The van der Waals surface area contributed by atoms with Gasteiger partial charge in [-0.1, -0.05) is 29.8 Å². The third-order valence-electron chi connectivity index (χ3n) is 5.08. The van der Waals surface area contributed by atoms with Crippen molar-refractivity contribution in [2.75, 3.05) is 13.1 Å². The summed E-state index contributed by atoms with van der Waals surface area (Å²) in [4.78, 5) is 11.9. The zero-order valence-corrected chi connectivity index (χ0v) is 17.6. The quantitative estimate of drug-likeness (QED) is 0.610. The molecule has 6 heteroatoms. The lowest BCUT2D eigenvalue weighted by Gasteiger charge is -2.41. The van der Waals surface area contributed by atoms with Crippen LogP contribution in [0.2, 0.25) is 0 Å². The van der Waals surface area contributed by atoms with Crippen LogP contribution in [0.5, 0.6) is 0 Å². The molecule has 1 atom stereocenters. The van der Waals surface area contributed by atoms with E-state index in [1.165, 1.54) is 5.56 Å². The molecule has 1 fully saturated rings. The Morgan fingerprint density at radius 2 is 1.96 bits per heavy atom. The van der Waals surface area contributed by atoms with Crippen LogP contribution in [0.15, 0.2) is 46.7 Å². The number of likely N-dealkylation sites (tertiary alicyclic amines) is 1. The Bertz CT molecular complexity index is 768. The number of ether oxygens (including phenoxy) is 1. The maximum absolute atomic E-state index is 6.08. The number of benzene rings is 1. The minimum atomic E-state index is -0.675. The Morgan fingerprint density at radius 1 is 1.30 bits per heavy atom. The van der Waals surface area contributed by atoms with Crippen molar-refractivity contribution in [3.8, 4) is 0 Å². The molecule has 0 amide bonds. The highest BCUT2D eigenvalue weighted by atomic mass is 32.1. The SMILES string of the molecule is C=C(OC(C)(C)C)N1CCC(C2(c3cccc(C)c3)N=C(N)C(S)=N2)CC1. The molecule has 2 heterocycles. The maximum atomic E-state index is 6.08. The lowest BCUT2D eigenvalue weighted by molar-refractivity contribution is -0.00922. The van der Waals surface area contributed by atoms with Crippen molar-refractivity contribution >= 4 is 23.5 Å². The van der Waals surface area contributed by atoms with E-state index in [-0.39, 0.29) is 11.5 Å². The lowest BCUT2D eigenvalue weighted by atomic mass is 9.80. The zero-order chi connectivity index (χ0) is 19.8. The Kier molecular flexibility index (Phi) is 5.30. The number of piperidine rings is 1. The Labute approximate surface area is 167 Å². The van der Waals surface area contributed by atoms with Crippen LogP contribution < -0.4 is 5.73 Å². The standard InChI is InChI=1S/C21H30N4OS/c1-14-7-6-8-17(13-14)21(23-18(22)19(27)24-21)16-9-11-25(12-10-16)15(2)26-20(3,4)5/h6-8,13,16H,2,9-12H2,1,3-5H3,(H2,22,23)(H,24,27). The fourth-order valence-corrected chi connectivity index (χ4v) is 4.05. The maximum Gasteiger partial charge on any atom is 0.182 e. The molecule has 146 valence electrons. The number of amidine groups is 1. The van der Waals surface area contributed by atoms with E-state index in [0.29, 0.717) is 10.9 Å². The van der Waals surface area contributed by atoms with Crippen molar-refractivity contribution in [2.24, 2.45) is 21.6 Å². The number of thiol groups is 1. The van der Waals surface area contributed by atoms with Crippen LogP contribution in [0.4, 0.5) is 0 Å². The van der Waals surface area contributed by atoms with Crippen LogP contribution in [0, 0.1) is 12.8 Å². The first kappa shape index (κ1) is 19.8. The van der Waals surface area contributed by atoms with Crippen LogP contribution in [-0.4, -0.2) is 34.5 Å². The first-order chi connectivity index (χ1) is 12.6. The normalized spacial score (nSPS) is 23.8. The molecular formula is C21H30N4OS. The van der Waals surface area contributed by atoms with Crippen LogP contribution in [-0.2, 0) is 10.4 Å². The van der Waals surface area contributed by atoms with E-state index < -0.39 is 5.66 Å². The fourth-order valence-electron chi connectivity index (χ4n) is 3.85. The van der Waals surface area contributed by atoms with Gasteiger partial charge in [-0.05, 0) is 47.1 Å². The predicted molar refractivity (Wildman–Crippen MR) is 115 cm³/mol. The van der Waals surface area contributed by atoms with E-state index in [1.807, 2.05) is 20.8 Å². The first-order valence-corrected chi connectivity index (χ1v) is 9.90. The average Bonchev–Trinajstić information content (AvgIpc) is 2.90. The molecule has 1 aromatic rings. The average molecular weight is 387 g/mol. The monoisotopic (exact) mass is 386 g/mol. The molecule has 2 N–H and O–H groups in total. The van der Waals surface area contributed by atoms with Crippen molar-refractivity contribution in [1.82, 2.24) is 4.90 Å². The van der Waals surface area contributed by atoms with E-state index in [1.54, 1.807) is 0 Å². The summed E-state index contributed by atoms with van der Waals surface area (Å²) in [7, 11) is 0. The molecule has 0 aromatic heterocycles. The van der Waals surface area contributed by atoms with Crippen LogP contribution in [0.3, 0.4) is 0 Å². The number of nitrogens with two attached hydrogens (primary N) is 1. The molecule has 1 saturated heterocycles. The Morgan fingerprint density at radius 3 is 2.48 bits per heavy atom. The highest BCUT2D eigenvalue weighted by Gasteiger charge is 2.45. The summed E-state index contributed by atoms with van der Waals surface area (Å²) >= 11 is 4.44. The molecule has 0 aliphatic carbocycles. The predicted octanol–water partition coefficient (Wildman–Crippen LogP) is 3.85. The van der Waals surface area contributed by atoms with Gasteiger partial charge in [0.15, 0.2) is 17.4 Å². The van der Waals surface area contributed by atoms with E-state index in [2.05, 4.69) is 55.3 Å². The van der Waals surface area contributed by atoms with Gasteiger partial charge in [0.05, 0.1) is 0 Å². The number of rotatable bonds is 4. The highest BCUT2D eigenvalue weighted by molar-refractivity contribution is 7.99. The summed E-state index contributed by atoms with van der Waals surface area (Å²) in [6.07, 6.45) is 1.86. The second-order valence-corrected chi connectivity index (χ2v) is 8.82. The summed E-state index contributed by atoms with van der Waals surface area (Å²) in [6, 6.07) is 8.38. The Hall–Kier alpha value is -1.95. The Balaban J connectivity index is 1.82. The van der Waals surface area contributed by atoms with Gasteiger partial charge in [-0.25, -0.2) is 9.98 Å². The van der Waals surface area contributed by atoms with Crippen molar-refractivity contribution in [1.29, 1.82) is 0 Å². The number of aryl methyl sites for hydroxylation is 1. The summed E-state index contributed by atoms with van der Waals surface area (Å²) < 4.78 is 5.94. The minimum Gasteiger partial charge on any atom is -0.474 e. The van der Waals surface area contributed by atoms with Gasteiger partial charge in [-0.2, -0.15) is 0 Å². The highest BCUT2D eigenvalue weighted by Crippen LogP contribution is 2.44. The van der Waals surface area contributed by atoms with E-state index in [0.717, 1.165) is 37.4 Å². The third kappa shape index (κ3) is 4.15. The van der Waals surface area contributed by atoms with Crippen LogP contribution >= 0.6 is 12.6 Å². The van der Waals surface area contributed by atoms with Crippen LogP contribution in [0.1, 0.15) is 44.7 Å². The molecule has 2 aliphatic rings. The fraction of sp³-hybridized carbons (Fsp3) is 0.524. The summed E-state index contributed by atoms with van der Waals surface area (Å²) in [5.74, 6) is 1.40. The van der Waals surface area contributed by atoms with Gasteiger partial charge in [0.1, 0.15) is 10.6 Å². The summed E-state index contributed by atoms with van der Waals surface area (Å²) in [6.45, 7) is 14.0. The topological polar surface area (TPSA) is 63.2 Å². The van der Waals surface area contributed by atoms with Gasteiger partial charge in [0, 0.05) is 24.6 Å². The van der Waals surface area contributed by atoms with Crippen molar-refractivity contribution in [2.45, 2.75) is 51.8 Å². The van der Waals surface area contributed by atoms with Crippen molar-refractivity contribution in [3.63, 3.8) is 0 Å². The number of hydrogen-bond donors (Lipinski definition) is 2. The molecule has 3 rings (SSSR count). The zero-order valence-electron chi connectivity index (χ0n) is 16.7.